The fourth-order valence-corrected chi connectivity index (χ4v) is 2.67. The number of allylic oxidation sites excluding steroid dienone is 2. The van der Waals surface area contributed by atoms with Crippen molar-refractivity contribution in [3.63, 3.8) is 0 Å². The lowest BCUT2D eigenvalue weighted by Crippen LogP contribution is -2.34. The Kier molecular flexibility index (Phi) is 10.5. The van der Waals surface area contributed by atoms with Crippen LogP contribution in [-0.2, 0) is 0 Å². The molecule has 1 aliphatic heterocycles. The molecule has 0 fully saturated rings. The number of hydrogen-bond acceptors (Lipinski definition) is 3. The van der Waals surface area contributed by atoms with Crippen LogP contribution in [0.2, 0.25) is 0 Å². The number of rotatable bonds is 12. The molecule has 1 aliphatic rings. The highest BCUT2D eigenvalue weighted by atomic mass is 15.3. The van der Waals surface area contributed by atoms with Crippen molar-refractivity contribution in [1.82, 2.24) is 4.90 Å². The fraction of sp³-hybridized carbons (Fsp3) is 0.824. The molecule has 1 atom stereocenters. The standard InChI is InChI=1S/C17H33N3/c1-2-3-4-5-6-7-8-9-10-11-12-17-19-14-16-20(17)15-13-18/h8-9,14,17H,2-7,10-13,15-16,18H2,1H3/b9-8+. The van der Waals surface area contributed by atoms with E-state index in [-0.39, 0.29) is 0 Å². The van der Waals surface area contributed by atoms with E-state index in [0.29, 0.717) is 6.17 Å². The van der Waals surface area contributed by atoms with Crippen LogP contribution >= 0.6 is 0 Å². The Bertz CT molecular complexity index is 273. The molecule has 0 bridgehead atoms. The van der Waals surface area contributed by atoms with Crippen LogP contribution in [0.25, 0.3) is 0 Å². The third-order valence-electron chi connectivity index (χ3n) is 3.91. The summed E-state index contributed by atoms with van der Waals surface area (Å²) in [6, 6.07) is 0. The van der Waals surface area contributed by atoms with E-state index in [9.17, 15) is 0 Å². The summed E-state index contributed by atoms with van der Waals surface area (Å²) < 4.78 is 0. The smallest absolute Gasteiger partial charge is 0.102 e. The van der Waals surface area contributed by atoms with Gasteiger partial charge in [-0.25, -0.2) is 0 Å². The minimum absolute atomic E-state index is 0.390. The van der Waals surface area contributed by atoms with Crippen LogP contribution in [0.5, 0.6) is 0 Å². The van der Waals surface area contributed by atoms with E-state index in [2.05, 4.69) is 29.0 Å². The van der Waals surface area contributed by atoms with Crippen LogP contribution in [0.3, 0.4) is 0 Å². The first-order valence-electron chi connectivity index (χ1n) is 8.49. The number of nitrogens with two attached hydrogens (primary N) is 1. The van der Waals surface area contributed by atoms with E-state index >= 15 is 0 Å². The van der Waals surface area contributed by atoms with E-state index in [1.54, 1.807) is 0 Å². The molecule has 3 nitrogen and oxygen atoms in total. The highest BCUT2D eigenvalue weighted by Crippen LogP contribution is 2.14. The molecule has 0 amide bonds. The van der Waals surface area contributed by atoms with Crippen molar-refractivity contribution < 1.29 is 0 Å². The molecule has 0 aromatic carbocycles. The first kappa shape index (κ1) is 17.4. The average Bonchev–Trinajstić information content (AvgIpc) is 2.89. The van der Waals surface area contributed by atoms with Crippen LogP contribution in [-0.4, -0.2) is 36.9 Å². The van der Waals surface area contributed by atoms with Gasteiger partial charge in [-0.3, -0.25) is 9.89 Å². The molecule has 0 aromatic rings. The Labute approximate surface area is 125 Å². The largest absolute Gasteiger partial charge is 0.329 e. The molecule has 2 N–H and O–H groups in total. The monoisotopic (exact) mass is 279 g/mol. The zero-order valence-electron chi connectivity index (χ0n) is 13.3. The molecule has 1 rings (SSSR count). The Hall–Kier alpha value is -0.670. The Morgan fingerprint density at radius 2 is 1.90 bits per heavy atom. The van der Waals surface area contributed by atoms with E-state index in [1.807, 2.05) is 6.21 Å². The van der Waals surface area contributed by atoms with Gasteiger partial charge >= 0.3 is 0 Å². The summed E-state index contributed by atoms with van der Waals surface area (Å²) in [5, 5.41) is 0. The summed E-state index contributed by atoms with van der Waals surface area (Å²) >= 11 is 0. The van der Waals surface area contributed by atoms with Crippen LogP contribution in [0.4, 0.5) is 0 Å². The molecule has 0 radical (unpaired) electrons. The molecule has 0 saturated heterocycles. The van der Waals surface area contributed by atoms with Gasteiger partial charge in [-0.1, -0.05) is 44.8 Å². The summed E-state index contributed by atoms with van der Waals surface area (Å²) in [6.07, 6.45) is 18.9. The molecule has 1 unspecified atom stereocenters. The predicted octanol–water partition coefficient (Wildman–Crippen LogP) is 3.74. The molecular weight excluding hydrogens is 246 g/mol. The first-order chi connectivity index (χ1) is 9.88. The van der Waals surface area contributed by atoms with Gasteiger partial charge in [0.2, 0.25) is 0 Å². The van der Waals surface area contributed by atoms with Crippen molar-refractivity contribution in [2.24, 2.45) is 10.7 Å². The fourth-order valence-electron chi connectivity index (χ4n) is 2.67. The minimum atomic E-state index is 0.390. The average molecular weight is 279 g/mol. The second kappa shape index (κ2) is 12.1. The van der Waals surface area contributed by atoms with Crippen LogP contribution < -0.4 is 5.73 Å². The Morgan fingerprint density at radius 1 is 1.15 bits per heavy atom. The highest BCUT2D eigenvalue weighted by molar-refractivity contribution is 5.62. The van der Waals surface area contributed by atoms with Gasteiger partial charge in [0.1, 0.15) is 6.17 Å². The predicted molar refractivity (Wildman–Crippen MR) is 89.3 cm³/mol. The zero-order chi connectivity index (χ0) is 14.5. The molecule has 0 spiro atoms. The van der Waals surface area contributed by atoms with Gasteiger partial charge in [-0.2, -0.15) is 0 Å². The van der Waals surface area contributed by atoms with E-state index in [0.717, 1.165) is 26.1 Å². The quantitative estimate of drug-likeness (QED) is 0.437. The third-order valence-corrected chi connectivity index (χ3v) is 3.91. The Balaban J connectivity index is 1.94. The van der Waals surface area contributed by atoms with Gasteiger partial charge < -0.3 is 5.73 Å². The van der Waals surface area contributed by atoms with E-state index in [1.165, 1.54) is 51.4 Å². The van der Waals surface area contributed by atoms with Crippen LogP contribution in [0.15, 0.2) is 17.1 Å². The second-order valence-electron chi connectivity index (χ2n) is 5.70. The molecule has 3 heteroatoms. The van der Waals surface area contributed by atoms with Crippen molar-refractivity contribution >= 4 is 6.21 Å². The maximum absolute atomic E-state index is 5.62. The lowest BCUT2D eigenvalue weighted by molar-refractivity contribution is 0.243. The Morgan fingerprint density at radius 3 is 2.65 bits per heavy atom. The molecule has 116 valence electrons. The minimum Gasteiger partial charge on any atom is -0.329 e. The van der Waals surface area contributed by atoms with Gasteiger partial charge in [0.15, 0.2) is 0 Å². The molecule has 0 aliphatic carbocycles. The zero-order valence-corrected chi connectivity index (χ0v) is 13.3. The lowest BCUT2D eigenvalue weighted by atomic mass is 10.1. The van der Waals surface area contributed by atoms with Crippen molar-refractivity contribution in [2.45, 2.75) is 70.9 Å². The lowest BCUT2D eigenvalue weighted by Gasteiger charge is -2.21. The maximum atomic E-state index is 5.62. The first-order valence-corrected chi connectivity index (χ1v) is 8.49. The third kappa shape index (κ3) is 7.81. The van der Waals surface area contributed by atoms with Gasteiger partial charge in [0.25, 0.3) is 0 Å². The number of aliphatic imine (C=N–C) groups is 1. The molecule has 0 saturated carbocycles. The van der Waals surface area contributed by atoms with E-state index < -0.39 is 0 Å². The van der Waals surface area contributed by atoms with Gasteiger partial charge in [-0.05, 0) is 32.1 Å². The molecule has 1 heterocycles. The summed E-state index contributed by atoms with van der Waals surface area (Å²) in [4.78, 5) is 6.91. The van der Waals surface area contributed by atoms with Gasteiger partial charge in [-0.15, -0.1) is 0 Å². The number of nitrogens with zero attached hydrogens (tertiary/aromatic N) is 2. The number of unbranched alkanes of at least 4 members (excludes halogenated alkanes) is 6. The van der Waals surface area contributed by atoms with Crippen LogP contribution in [0, 0.1) is 0 Å². The molecule has 20 heavy (non-hydrogen) atoms. The maximum Gasteiger partial charge on any atom is 0.102 e. The topological polar surface area (TPSA) is 41.6 Å². The van der Waals surface area contributed by atoms with Crippen molar-refractivity contribution in [1.29, 1.82) is 0 Å². The summed E-state index contributed by atoms with van der Waals surface area (Å²) in [5.74, 6) is 0. The summed E-state index contributed by atoms with van der Waals surface area (Å²) in [5.41, 5.74) is 5.62. The molecular formula is C17H33N3. The van der Waals surface area contributed by atoms with Crippen molar-refractivity contribution in [2.75, 3.05) is 19.6 Å². The summed E-state index contributed by atoms with van der Waals surface area (Å²) in [7, 11) is 0. The molecule has 0 aromatic heterocycles. The van der Waals surface area contributed by atoms with Crippen LogP contribution in [0.1, 0.15) is 64.7 Å². The summed E-state index contributed by atoms with van der Waals surface area (Å²) in [6.45, 7) is 4.95. The van der Waals surface area contributed by atoms with Gasteiger partial charge in [0.05, 0.1) is 0 Å². The highest BCUT2D eigenvalue weighted by Gasteiger charge is 2.18. The SMILES string of the molecule is CCCCCCC/C=C/CCCC1N=CCN1CCN. The van der Waals surface area contributed by atoms with Crippen molar-refractivity contribution in [3.8, 4) is 0 Å². The number of hydrogen-bond donors (Lipinski definition) is 1. The second-order valence-corrected chi connectivity index (χ2v) is 5.70. The van der Waals surface area contributed by atoms with Gasteiger partial charge in [0, 0.05) is 25.8 Å². The normalized spacial score (nSPS) is 19.4. The van der Waals surface area contributed by atoms with Crippen molar-refractivity contribution in [3.05, 3.63) is 12.2 Å². The van der Waals surface area contributed by atoms with E-state index in [4.69, 9.17) is 5.73 Å².